The van der Waals surface area contributed by atoms with Crippen LogP contribution in [0.4, 0.5) is 9.80 Å². The van der Waals surface area contributed by atoms with E-state index in [9.17, 15) is 14.9 Å². The number of nitrogens with zero attached hydrogens (tertiary/aromatic N) is 2. The first kappa shape index (κ1) is 23.2. The standard InChI is InChI=1S/C23H22N4O3S3/c1-14-26-17(13-32-14)10-25-23(29)30-11-16-2-4-18-19(9-24)22(33-20(18)8-16)27-21(28)5-3-15-6-7-31-12-15/h3,5-7,12-13,16H,2,4,8,10-11H2,1H3,(H,25,29)(H,27,28)/b5-3+. The molecule has 0 bridgehead atoms. The number of carbonyl (C=O) groups is 2. The molecule has 1 aliphatic rings. The van der Waals surface area contributed by atoms with Gasteiger partial charge in [-0.3, -0.25) is 4.79 Å². The van der Waals surface area contributed by atoms with Crippen LogP contribution in [-0.2, 0) is 28.9 Å². The molecular weight excluding hydrogens is 476 g/mol. The Hall–Kier alpha value is -3.00. The summed E-state index contributed by atoms with van der Waals surface area (Å²) in [6, 6.07) is 4.18. The number of fused-ring (bicyclic) bond motifs is 1. The van der Waals surface area contributed by atoms with Crippen LogP contribution in [0.15, 0.2) is 28.3 Å². The Bertz CT molecular complexity index is 1200. The first-order chi connectivity index (χ1) is 16.0. The zero-order valence-corrected chi connectivity index (χ0v) is 20.4. The average Bonchev–Trinajstić information content (AvgIpc) is 3.54. The van der Waals surface area contributed by atoms with Gasteiger partial charge in [-0.05, 0) is 66.1 Å². The maximum Gasteiger partial charge on any atom is 0.407 e. The van der Waals surface area contributed by atoms with Crippen molar-refractivity contribution in [3.05, 3.63) is 60.6 Å². The Morgan fingerprint density at radius 1 is 1.39 bits per heavy atom. The van der Waals surface area contributed by atoms with Crippen LogP contribution in [-0.4, -0.2) is 23.6 Å². The van der Waals surface area contributed by atoms with E-state index >= 15 is 0 Å². The number of aromatic nitrogens is 1. The fraction of sp³-hybridized carbons (Fsp3) is 0.304. The smallest absolute Gasteiger partial charge is 0.407 e. The molecule has 33 heavy (non-hydrogen) atoms. The van der Waals surface area contributed by atoms with E-state index in [0.717, 1.165) is 39.5 Å². The van der Waals surface area contributed by atoms with Gasteiger partial charge in [-0.25, -0.2) is 9.78 Å². The number of carbonyl (C=O) groups excluding carboxylic acids is 2. The van der Waals surface area contributed by atoms with E-state index in [0.29, 0.717) is 30.1 Å². The fourth-order valence-electron chi connectivity index (χ4n) is 3.59. The molecule has 0 radical (unpaired) electrons. The van der Waals surface area contributed by atoms with Gasteiger partial charge in [0.1, 0.15) is 11.1 Å². The van der Waals surface area contributed by atoms with Crippen molar-refractivity contribution in [3.8, 4) is 6.07 Å². The number of anilines is 1. The molecule has 10 heteroatoms. The van der Waals surface area contributed by atoms with Crippen molar-refractivity contribution in [1.82, 2.24) is 10.3 Å². The van der Waals surface area contributed by atoms with Crippen molar-refractivity contribution < 1.29 is 14.3 Å². The van der Waals surface area contributed by atoms with E-state index < -0.39 is 6.09 Å². The van der Waals surface area contributed by atoms with Crippen molar-refractivity contribution in [1.29, 1.82) is 5.26 Å². The number of thiophene rings is 2. The van der Waals surface area contributed by atoms with Crippen LogP contribution in [0.25, 0.3) is 6.08 Å². The number of alkyl carbamates (subject to hydrolysis) is 1. The molecule has 3 aromatic heterocycles. The van der Waals surface area contributed by atoms with Gasteiger partial charge >= 0.3 is 6.09 Å². The summed E-state index contributed by atoms with van der Waals surface area (Å²) in [7, 11) is 0. The maximum absolute atomic E-state index is 12.3. The summed E-state index contributed by atoms with van der Waals surface area (Å²) in [5.41, 5.74) is 3.33. The summed E-state index contributed by atoms with van der Waals surface area (Å²) >= 11 is 4.54. The molecule has 0 saturated heterocycles. The number of ether oxygens (including phenoxy) is 1. The van der Waals surface area contributed by atoms with Crippen LogP contribution in [0.1, 0.15) is 38.7 Å². The molecule has 170 valence electrons. The lowest BCUT2D eigenvalue weighted by Gasteiger charge is -2.21. The molecule has 4 rings (SSSR count). The second kappa shape index (κ2) is 10.7. The number of hydrogen-bond donors (Lipinski definition) is 2. The summed E-state index contributed by atoms with van der Waals surface area (Å²) in [5.74, 6) is -0.0832. The van der Waals surface area contributed by atoms with Crippen LogP contribution in [0.3, 0.4) is 0 Å². The summed E-state index contributed by atoms with van der Waals surface area (Å²) in [4.78, 5) is 29.7. The van der Waals surface area contributed by atoms with Crippen molar-refractivity contribution in [2.45, 2.75) is 32.7 Å². The van der Waals surface area contributed by atoms with Gasteiger partial charge in [-0.15, -0.1) is 22.7 Å². The fourth-order valence-corrected chi connectivity index (χ4v) is 6.15. The zero-order chi connectivity index (χ0) is 23.2. The minimum Gasteiger partial charge on any atom is -0.449 e. The van der Waals surface area contributed by atoms with E-state index in [-0.39, 0.29) is 11.8 Å². The third kappa shape index (κ3) is 6.07. The van der Waals surface area contributed by atoms with Gasteiger partial charge in [0.2, 0.25) is 5.91 Å². The molecule has 0 saturated carbocycles. The topological polar surface area (TPSA) is 104 Å². The van der Waals surface area contributed by atoms with Gasteiger partial charge in [-0.2, -0.15) is 16.6 Å². The van der Waals surface area contributed by atoms with Gasteiger partial charge in [0.05, 0.1) is 29.4 Å². The lowest BCUT2D eigenvalue weighted by molar-refractivity contribution is -0.111. The quantitative estimate of drug-likeness (QED) is 0.440. The average molecular weight is 499 g/mol. The van der Waals surface area contributed by atoms with Gasteiger partial charge in [0.25, 0.3) is 0 Å². The minimum absolute atomic E-state index is 0.178. The number of aryl methyl sites for hydroxylation is 1. The molecule has 3 heterocycles. The van der Waals surface area contributed by atoms with Crippen molar-refractivity contribution in [2.24, 2.45) is 5.92 Å². The van der Waals surface area contributed by atoms with Crippen LogP contribution in [0.2, 0.25) is 0 Å². The Balaban J connectivity index is 1.31. The molecule has 0 aromatic carbocycles. The zero-order valence-electron chi connectivity index (χ0n) is 17.9. The number of hydrogen-bond acceptors (Lipinski definition) is 8. The highest BCUT2D eigenvalue weighted by molar-refractivity contribution is 7.16. The van der Waals surface area contributed by atoms with Gasteiger partial charge in [0, 0.05) is 16.3 Å². The number of nitriles is 1. The Kier molecular flexibility index (Phi) is 7.54. The van der Waals surface area contributed by atoms with E-state index in [4.69, 9.17) is 4.74 Å². The van der Waals surface area contributed by atoms with Crippen LogP contribution >= 0.6 is 34.0 Å². The molecule has 2 amide bonds. The molecule has 1 aliphatic carbocycles. The minimum atomic E-state index is -0.458. The van der Waals surface area contributed by atoms with Crippen LogP contribution in [0.5, 0.6) is 0 Å². The normalized spacial score (nSPS) is 15.1. The second-order valence-corrected chi connectivity index (χ2v) is 10.6. The van der Waals surface area contributed by atoms with Crippen molar-refractivity contribution >= 4 is 57.1 Å². The molecular formula is C23H22N4O3S3. The molecule has 1 unspecified atom stereocenters. The largest absolute Gasteiger partial charge is 0.449 e. The highest BCUT2D eigenvalue weighted by Gasteiger charge is 2.27. The van der Waals surface area contributed by atoms with Crippen LogP contribution < -0.4 is 10.6 Å². The summed E-state index contributed by atoms with van der Waals surface area (Å²) in [6.45, 7) is 2.58. The Morgan fingerprint density at radius 3 is 3.00 bits per heavy atom. The van der Waals surface area contributed by atoms with E-state index in [1.807, 2.05) is 29.1 Å². The molecule has 0 spiro atoms. The summed E-state index contributed by atoms with van der Waals surface area (Å²) < 4.78 is 5.41. The number of amides is 2. The summed E-state index contributed by atoms with van der Waals surface area (Å²) in [5, 5.41) is 22.6. The number of rotatable bonds is 7. The third-order valence-electron chi connectivity index (χ3n) is 5.22. The SMILES string of the molecule is Cc1nc(CNC(=O)OCC2CCc3c(sc(NC(=O)/C=C/c4ccsc4)c3C#N)C2)cs1. The Labute approximate surface area is 203 Å². The van der Waals surface area contributed by atoms with Gasteiger partial charge in [0.15, 0.2) is 0 Å². The number of nitrogens with one attached hydrogen (secondary N) is 2. The van der Waals surface area contributed by atoms with Crippen LogP contribution in [0, 0.1) is 24.2 Å². The molecule has 3 aromatic rings. The molecule has 1 atom stereocenters. The first-order valence-electron chi connectivity index (χ1n) is 10.4. The molecule has 0 aliphatic heterocycles. The monoisotopic (exact) mass is 498 g/mol. The lowest BCUT2D eigenvalue weighted by Crippen LogP contribution is -2.27. The maximum atomic E-state index is 12.3. The highest BCUT2D eigenvalue weighted by Crippen LogP contribution is 2.39. The van der Waals surface area contributed by atoms with E-state index in [2.05, 4.69) is 21.7 Å². The number of thiazole rings is 1. The van der Waals surface area contributed by atoms with E-state index in [1.165, 1.54) is 17.4 Å². The van der Waals surface area contributed by atoms with Gasteiger partial charge < -0.3 is 15.4 Å². The third-order valence-corrected chi connectivity index (χ3v) is 7.91. The molecule has 2 N–H and O–H groups in total. The van der Waals surface area contributed by atoms with Gasteiger partial charge in [-0.1, -0.05) is 0 Å². The van der Waals surface area contributed by atoms with Crippen molar-refractivity contribution in [2.75, 3.05) is 11.9 Å². The van der Waals surface area contributed by atoms with E-state index in [1.54, 1.807) is 28.7 Å². The predicted molar refractivity (Wildman–Crippen MR) is 132 cm³/mol. The van der Waals surface area contributed by atoms with Crippen molar-refractivity contribution in [3.63, 3.8) is 0 Å². The molecule has 7 nitrogen and oxygen atoms in total. The lowest BCUT2D eigenvalue weighted by atomic mass is 9.88. The second-order valence-electron chi connectivity index (χ2n) is 7.62. The first-order valence-corrected chi connectivity index (χ1v) is 13.0. The summed E-state index contributed by atoms with van der Waals surface area (Å²) in [6.07, 6.45) is 5.03. The molecule has 0 fully saturated rings. The Morgan fingerprint density at radius 2 is 2.27 bits per heavy atom. The predicted octanol–water partition coefficient (Wildman–Crippen LogP) is 5.13. The highest BCUT2D eigenvalue weighted by atomic mass is 32.1.